The van der Waals surface area contributed by atoms with Crippen molar-refractivity contribution in [2.45, 2.75) is 58.2 Å². The van der Waals surface area contributed by atoms with E-state index in [9.17, 15) is 9.59 Å². The number of hydrogen-bond donors (Lipinski definition) is 1. The van der Waals surface area contributed by atoms with Crippen LogP contribution in [0.15, 0.2) is 30.3 Å². The first-order chi connectivity index (χ1) is 12.2. The molecule has 26 heavy (non-hydrogen) atoms. The Balaban J connectivity index is 2.37. The highest BCUT2D eigenvalue weighted by Gasteiger charge is 2.24. The van der Waals surface area contributed by atoms with Crippen molar-refractivity contribution in [2.24, 2.45) is 0 Å². The van der Waals surface area contributed by atoms with Crippen molar-refractivity contribution in [1.29, 1.82) is 0 Å². The van der Waals surface area contributed by atoms with E-state index in [1.807, 2.05) is 18.2 Å². The average molecular weight is 364 g/mol. The first-order valence-corrected chi connectivity index (χ1v) is 9.01. The van der Waals surface area contributed by atoms with Crippen molar-refractivity contribution in [2.75, 3.05) is 20.7 Å². The molecular formula is C20H32N2O4. The quantitative estimate of drug-likeness (QED) is 0.538. The van der Waals surface area contributed by atoms with E-state index in [0.717, 1.165) is 25.9 Å². The zero-order chi connectivity index (χ0) is 19.6. The Bertz CT molecular complexity index is 555. The number of benzene rings is 1. The van der Waals surface area contributed by atoms with E-state index >= 15 is 0 Å². The molecule has 0 bridgehead atoms. The number of amides is 1. The minimum Gasteiger partial charge on any atom is -0.467 e. The van der Waals surface area contributed by atoms with Gasteiger partial charge in [-0.25, -0.2) is 9.59 Å². The largest absolute Gasteiger partial charge is 0.467 e. The third-order valence-corrected chi connectivity index (χ3v) is 3.75. The molecule has 0 saturated heterocycles. The molecule has 0 radical (unpaired) electrons. The van der Waals surface area contributed by atoms with Crippen LogP contribution in [0.3, 0.4) is 0 Å². The second-order valence-corrected chi connectivity index (χ2v) is 7.44. The zero-order valence-corrected chi connectivity index (χ0v) is 16.6. The van der Waals surface area contributed by atoms with E-state index < -0.39 is 23.7 Å². The molecule has 0 spiro atoms. The van der Waals surface area contributed by atoms with Crippen LogP contribution >= 0.6 is 0 Å². The maximum absolute atomic E-state index is 11.9. The molecule has 1 N–H and O–H groups in total. The fourth-order valence-electron chi connectivity index (χ4n) is 2.55. The van der Waals surface area contributed by atoms with E-state index in [4.69, 9.17) is 9.47 Å². The summed E-state index contributed by atoms with van der Waals surface area (Å²) in [5, 5.41) is 2.60. The Morgan fingerprint density at radius 1 is 1.15 bits per heavy atom. The molecule has 6 heteroatoms. The van der Waals surface area contributed by atoms with Crippen LogP contribution in [0.5, 0.6) is 0 Å². The lowest BCUT2D eigenvalue weighted by Gasteiger charge is -2.23. The summed E-state index contributed by atoms with van der Waals surface area (Å²) >= 11 is 0. The number of ether oxygens (including phenoxy) is 2. The number of rotatable bonds is 9. The summed E-state index contributed by atoms with van der Waals surface area (Å²) < 4.78 is 9.99. The Morgan fingerprint density at radius 2 is 1.81 bits per heavy atom. The summed E-state index contributed by atoms with van der Waals surface area (Å²) in [4.78, 5) is 26.0. The lowest BCUT2D eigenvalue weighted by atomic mass is 10.1. The number of carbonyl (C=O) groups is 2. The van der Waals surface area contributed by atoms with E-state index in [1.54, 1.807) is 20.8 Å². The number of carbonyl (C=O) groups excluding carboxylic acids is 2. The number of hydrogen-bond acceptors (Lipinski definition) is 5. The van der Waals surface area contributed by atoms with Crippen molar-refractivity contribution in [1.82, 2.24) is 10.2 Å². The van der Waals surface area contributed by atoms with Gasteiger partial charge >= 0.3 is 12.1 Å². The molecule has 0 saturated carbocycles. The van der Waals surface area contributed by atoms with Gasteiger partial charge in [-0.15, -0.1) is 0 Å². The Hall–Kier alpha value is -2.08. The fourth-order valence-corrected chi connectivity index (χ4v) is 2.55. The molecule has 0 unspecified atom stereocenters. The summed E-state index contributed by atoms with van der Waals surface area (Å²) in [5.41, 5.74) is 0.666. The number of esters is 1. The second kappa shape index (κ2) is 10.8. The fraction of sp³-hybridized carbons (Fsp3) is 0.600. The van der Waals surface area contributed by atoms with Gasteiger partial charge in [-0.3, -0.25) is 0 Å². The number of nitrogens with one attached hydrogen (secondary N) is 1. The zero-order valence-electron chi connectivity index (χ0n) is 16.6. The lowest BCUT2D eigenvalue weighted by molar-refractivity contribution is -0.143. The van der Waals surface area contributed by atoms with E-state index in [-0.39, 0.29) is 0 Å². The molecule has 0 aromatic heterocycles. The van der Waals surface area contributed by atoms with Crippen molar-refractivity contribution in [3.8, 4) is 0 Å². The minimum absolute atomic E-state index is 0.450. The molecule has 1 atom stereocenters. The van der Waals surface area contributed by atoms with Crippen molar-refractivity contribution >= 4 is 12.1 Å². The van der Waals surface area contributed by atoms with Crippen LogP contribution in [0.1, 0.15) is 45.6 Å². The number of methoxy groups -OCH3 is 1. The molecule has 0 aliphatic rings. The van der Waals surface area contributed by atoms with Gasteiger partial charge in [-0.05, 0) is 59.2 Å². The third-order valence-electron chi connectivity index (χ3n) is 3.75. The molecule has 0 fully saturated rings. The van der Waals surface area contributed by atoms with Gasteiger partial charge in [-0.2, -0.15) is 0 Å². The van der Waals surface area contributed by atoms with E-state index in [2.05, 4.69) is 29.4 Å². The van der Waals surface area contributed by atoms with Crippen LogP contribution in [0.4, 0.5) is 4.79 Å². The maximum atomic E-state index is 11.9. The molecule has 0 aliphatic carbocycles. The highest BCUT2D eigenvalue weighted by molar-refractivity contribution is 5.81. The maximum Gasteiger partial charge on any atom is 0.408 e. The predicted octanol–water partition coefficient (Wildman–Crippen LogP) is 3.36. The van der Waals surface area contributed by atoms with E-state index in [0.29, 0.717) is 6.42 Å². The third kappa shape index (κ3) is 9.42. The Labute approximate surface area is 156 Å². The van der Waals surface area contributed by atoms with Crippen LogP contribution in [-0.4, -0.2) is 49.3 Å². The molecule has 0 aliphatic heterocycles. The Morgan fingerprint density at radius 3 is 2.38 bits per heavy atom. The predicted molar refractivity (Wildman–Crippen MR) is 102 cm³/mol. The number of alkyl carbamates (subject to hydrolysis) is 1. The molecule has 1 rings (SSSR count). The number of nitrogens with zero attached hydrogens (tertiary/aromatic N) is 1. The number of unbranched alkanes of at least 4 members (excludes halogenated alkanes) is 1. The van der Waals surface area contributed by atoms with Crippen molar-refractivity contribution < 1.29 is 19.1 Å². The summed E-state index contributed by atoms with van der Waals surface area (Å²) in [6.07, 6.45) is 1.64. The minimum atomic E-state index is -0.686. The van der Waals surface area contributed by atoms with E-state index in [1.165, 1.54) is 12.7 Å². The summed E-state index contributed by atoms with van der Waals surface area (Å²) in [7, 11) is 3.39. The molecular weight excluding hydrogens is 332 g/mol. The monoisotopic (exact) mass is 364 g/mol. The molecule has 146 valence electrons. The SMILES string of the molecule is COC(=O)[C@H](CCCCN(C)Cc1ccccc1)NC(=O)OC(C)(C)C. The van der Waals surface area contributed by atoms with Gasteiger partial charge in [0.25, 0.3) is 0 Å². The summed E-state index contributed by atoms with van der Waals surface area (Å²) in [5.74, 6) is -0.450. The Kier molecular flexibility index (Phi) is 9.13. The van der Waals surface area contributed by atoms with Crippen LogP contribution in [0.2, 0.25) is 0 Å². The van der Waals surface area contributed by atoms with Gasteiger partial charge in [-0.1, -0.05) is 30.3 Å². The van der Waals surface area contributed by atoms with Crippen LogP contribution < -0.4 is 5.32 Å². The van der Waals surface area contributed by atoms with Crippen LogP contribution in [0.25, 0.3) is 0 Å². The molecule has 1 aromatic carbocycles. The summed E-state index contributed by atoms with van der Waals surface area (Å²) in [6, 6.07) is 9.60. The highest BCUT2D eigenvalue weighted by atomic mass is 16.6. The summed E-state index contributed by atoms with van der Waals surface area (Å²) in [6.45, 7) is 7.14. The van der Waals surface area contributed by atoms with Gasteiger partial charge in [0, 0.05) is 6.54 Å². The first-order valence-electron chi connectivity index (χ1n) is 9.01. The van der Waals surface area contributed by atoms with Gasteiger partial charge in [0.2, 0.25) is 0 Å². The molecule has 1 aromatic rings. The van der Waals surface area contributed by atoms with Crippen molar-refractivity contribution in [3.05, 3.63) is 35.9 Å². The van der Waals surface area contributed by atoms with Gasteiger partial charge in [0.05, 0.1) is 7.11 Å². The smallest absolute Gasteiger partial charge is 0.408 e. The molecule has 6 nitrogen and oxygen atoms in total. The second-order valence-electron chi connectivity index (χ2n) is 7.44. The van der Waals surface area contributed by atoms with Crippen LogP contribution in [-0.2, 0) is 20.8 Å². The topological polar surface area (TPSA) is 67.9 Å². The van der Waals surface area contributed by atoms with Crippen LogP contribution in [0, 0.1) is 0 Å². The van der Waals surface area contributed by atoms with Gasteiger partial charge in [0.15, 0.2) is 0 Å². The van der Waals surface area contributed by atoms with Gasteiger partial charge in [0.1, 0.15) is 11.6 Å². The average Bonchev–Trinajstić information content (AvgIpc) is 2.56. The standard InChI is InChI=1S/C20H32N2O4/c1-20(2,3)26-19(24)21-17(18(23)25-5)13-9-10-14-22(4)15-16-11-7-6-8-12-16/h6-8,11-12,17H,9-10,13-15H2,1-5H3,(H,21,24)/t17-/m0/s1. The highest BCUT2D eigenvalue weighted by Crippen LogP contribution is 2.10. The lowest BCUT2D eigenvalue weighted by Crippen LogP contribution is -2.44. The molecule has 0 heterocycles. The normalized spacial score (nSPS) is 12.5. The van der Waals surface area contributed by atoms with Crippen molar-refractivity contribution in [3.63, 3.8) is 0 Å². The first kappa shape index (κ1) is 22.0. The molecule has 1 amide bonds. The van der Waals surface area contributed by atoms with Gasteiger partial charge < -0.3 is 19.7 Å².